The Bertz CT molecular complexity index is 721. The Hall–Kier alpha value is -2.75. The van der Waals surface area contributed by atoms with Gasteiger partial charge in [-0.3, -0.25) is 4.79 Å². The number of amides is 1. The lowest BCUT2D eigenvalue weighted by molar-refractivity contribution is -0.117. The third-order valence-electron chi connectivity index (χ3n) is 3.98. The van der Waals surface area contributed by atoms with E-state index in [1.54, 1.807) is 12.1 Å². The number of hydrogen-bond donors (Lipinski definition) is 3. The molecule has 1 saturated carbocycles. The normalized spacial score (nSPS) is 15.5. The van der Waals surface area contributed by atoms with Gasteiger partial charge < -0.3 is 15.5 Å². The van der Waals surface area contributed by atoms with Crippen molar-refractivity contribution < 1.29 is 15.0 Å². The minimum absolute atomic E-state index is 0.0431. The van der Waals surface area contributed by atoms with E-state index in [1.807, 2.05) is 30.3 Å². The first-order chi connectivity index (χ1) is 11.1. The predicted octanol–water partition coefficient (Wildman–Crippen LogP) is 3.38. The summed E-state index contributed by atoms with van der Waals surface area (Å²) >= 11 is 0. The van der Waals surface area contributed by atoms with Crippen LogP contribution >= 0.6 is 0 Å². The third-order valence-corrected chi connectivity index (χ3v) is 3.98. The second kappa shape index (κ2) is 6.57. The molecule has 1 aliphatic rings. The smallest absolute Gasteiger partial charge is 0.244 e. The van der Waals surface area contributed by atoms with Gasteiger partial charge in [0.25, 0.3) is 0 Å². The molecule has 4 nitrogen and oxygen atoms in total. The molecule has 1 amide bonds. The molecular weight excluding hydrogens is 290 g/mol. The molecule has 0 spiro atoms. The number of aromatic hydroxyl groups is 2. The van der Waals surface area contributed by atoms with E-state index >= 15 is 0 Å². The number of nitrogens with one attached hydrogen (secondary N) is 1. The zero-order chi connectivity index (χ0) is 16.2. The van der Waals surface area contributed by atoms with Gasteiger partial charge in [-0.05, 0) is 48.1 Å². The SMILES string of the molecule is O=C(/C=C/c1ccc(O)c(O)c1)N[C@H](c1ccccc1)C1CC1. The van der Waals surface area contributed by atoms with Crippen LogP contribution in [0.3, 0.4) is 0 Å². The molecule has 1 aliphatic carbocycles. The van der Waals surface area contributed by atoms with E-state index in [1.165, 1.54) is 18.2 Å². The maximum Gasteiger partial charge on any atom is 0.244 e. The van der Waals surface area contributed by atoms with Crippen molar-refractivity contribution in [3.8, 4) is 11.5 Å². The second-order valence-corrected chi connectivity index (χ2v) is 5.82. The molecule has 0 bridgehead atoms. The van der Waals surface area contributed by atoms with Crippen molar-refractivity contribution >= 4 is 12.0 Å². The standard InChI is InChI=1S/C19H19NO3/c21-16-10-6-13(12-17(16)22)7-11-18(23)20-19(15-8-9-15)14-4-2-1-3-5-14/h1-7,10-12,15,19,21-22H,8-9H2,(H,20,23)/b11-7+/t19-/m1/s1. The van der Waals surface area contributed by atoms with Gasteiger partial charge in [0.1, 0.15) is 0 Å². The summed E-state index contributed by atoms with van der Waals surface area (Å²) in [5.74, 6) is -0.0389. The van der Waals surface area contributed by atoms with Crippen LogP contribution in [0.5, 0.6) is 11.5 Å². The summed E-state index contributed by atoms with van der Waals surface area (Å²) in [6, 6.07) is 14.5. The van der Waals surface area contributed by atoms with Crippen LogP contribution in [-0.4, -0.2) is 16.1 Å². The minimum Gasteiger partial charge on any atom is -0.504 e. The topological polar surface area (TPSA) is 69.6 Å². The highest BCUT2D eigenvalue weighted by molar-refractivity contribution is 5.92. The fourth-order valence-electron chi connectivity index (χ4n) is 2.58. The van der Waals surface area contributed by atoms with Crippen LogP contribution in [-0.2, 0) is 4.79 Å². The van der Waals surface area contributed by atoms with Gasteiger partial charge in [0, 0.05) is 6.08 Å². The highest BCUT2D eigenvalue weighted by Gasteiger charge is 2.32. The van der Waals surface area contributed by atoms with Gasteiger partial charge in [0.05, 0.1) is 6.04 Å². The van der Waals surface area contributed by atoms with E-state index in [4.69, 9.17) is 0 Å². The highest BCUT2D eigenvalue weighted by Crippen LogP contribution is 2.40. The summed E-state index contributed by atoms with van der Waals surface area (Å²) < 4.78 is 0. The molecule has 23 heavy (non-hydrogen) atoms. The molecule has 0 aromatic heterocycles. The summed E-state index contributed by atoms with van der Waals surface area (Å²) in [6.07, 6.45) is 5.33. The van der Waals surface area contributed by atoms with Crippen LogP contribution in [0.4, 0.5) is 0 Å². The van der Waals surface area contributed by atoms with Gasteiger partial charge in [0.2, 0.25) is 5.91 Å². The van der Waals surface area contributed by atoms with E-state index < -0.39 is 0 Å². The van der Waals surface area contributed by atoms with Crippen LogP contribution in [0.25, 0.3) is 6.08 Å². The van der Waals surface area contributed by atoms with Crippen LogP contribution in [0.1, 0.15) is 30.0 Å². The average molecular weight is 309 g/mol. The van der Waals surface area contributed by atoms with Crippen molar-refractivity contribution in [3.05, 3.63) is 65.7 Å². The maximum absolute atomic E-state index is 12.2. The number of carbonyl (C=O) groups is 1. The first kappa shape index (κ1) is 15.2. The summed E-state index contributed by atoms with van der Waals surface area (Å²) in [5, 5.41) is 21.8. The molecule has 0 radical (unpaired) electrons. The van der Waals surface area contributed by atoms with E-state index in [0.29, 0.717) is 11.5 Å². The maximum atomic E-state index is 12.2. The van der Waals surface area contributed by atoms with Crippen LogP contribution < -0.4 is 5.32 Å². The number of rotatable bonds is 5. The number of benzene rings is 2. The molecule has 2 aromatic rings. The lowest BCUT2D eigenvalue weighted by Crippen LogP contribution is -2.28. The molecule has 3 N–H and O–H groups in total. The van der Waals surface area contributed by atoms with E-state index in [9.17, 15) is 15.0 Å². The Morgan fingerprint density at radius 1 is 1.09 bits per heavy atom. The van der Waals surface area contributed by atoms with Gasteiger partial charge in [-0.1, -0.05) is 36.4 Å². The molecule has 1 atom stereocenters. The quantitative estimate of drug-likeness (QED) is 0.586. The van der Waals surface area contributed by atoms with E-state index in [-0.39, 0.29) is 23.4 Å². The van der Waals surface area contributed by atoms with Gasteiger partial charge in [-0.15, -0.1) is 0 Å². The predicted molar refractivity (Wildman–Crippen MR) is 88.9 cm³/mol. The molecule has 2 aromatic carbocycles. The molecular formula is C19H19NO3. The molecule has 0 heterocycles. The monoisotopic (exact) mass is 309 g/mol. The molecule has 118 valence electrons. The minimum atomic E-state index is -0.201. The van der Waals surface area contributed by atoms with Crippen molar-refractivity contribution in [3.63, 3.8) is 0 Å². The van der Waals surface area contributed by atoms with Crippen molar-refractivity contribution in [2.75, 3.05) is 0 Å². The van der Waals surface area contributed by atoms with Crippen molar-refractivity contribution in [2.45, 2.75) is 18.9 Å². The molecule has 0 unspecified atom stereocenters. The summed E-state index contributed by atoms with van der Waals surface area (Å²) in [6.45, 7) is 0. The second-order valence-electron chi connectivity index (χ2n) is 5.82. The third kappa shape index (κ3) is 3.92. The Morgan fingerprint density at radius 3 is 2.48 bits per heavy atom. The van der Waals surface area contributed by atoms with Crippen molar-refractivity contribution in [1.82, 2.24) is 5.32 Å². The number of hydrogen-bond acceptors (Lipinski definition) is 3. The van der Waals surface area contributed by atoms with Crippen LogP contribution in [0.15, 0.2) is 54.6 Å². The fraction of sp³-hybridized carbons (Fsp3) is 0.211. The van der Waals surface area contributed by atoms with Gasteiger partial charge >= 0.3 is 0 Å². The largest absolute Gasteiger partial charge is 0.504 e. The lowest BCUT2D eigenvalue weighted by Gasteiger charge is -2.17. The van der Waals surface area contributed by atoms with Crippen LogP contribution in [0, 0.1) is 5.92 Å². The highest BCUT2D eigenvalue weighted by atomic mass is 16.3. The van der Waals surface area contributed by atoms with E-state index in [2.05, 4.69) is 5.32 Å². The zero-order valence-corrected chi connectivity index (χ0v) is 12.6. The Balaban J connectivity index is 1.67. The molecule has 4 heteroatoms. The fourth-order valence-corrected chi connectivity index (χ4v) is 2.58. The number of carbonyl (C=O) groups excluding carboxylic acids is 1. The molecule has 3 rings (SSSR count). The van der Waals surface area contributed by atoms with Gasteiger partial charge in [-0.2, -0.15) is 0 Å². The van der Waals surface area contributed by atoms with Gasteiger partial charge in [0.15, 0.2) is 11.5 Å². The van der Waals surface area contributed by atoms with Crippen molar-refractivity contribution in [2.24, 2.45) is 5.92 Å². The summed E-state index contributed by atoms with van der Waals surface area (Å²) in [5.41, 5.74) is 1.78. The van der Waals surface area contributed by atoms with Crippen molar-refractivity contribution in [1.29, 1.82) is 0 Å². The Morgan fingerprint density at radius 2 is 1.83 bits per heavy atom. The molecule has 0 aliphatic heterocycles. The average Bonchev–Trinajstić information content (AvgIpc) is 3.39. The Kier molecular flexibility index (Phi) is 4.33. The summed E-state index contributed by atoms with van der Waals surface area (Å²) in [7, 11) is 0. The molecule has 0 saturated heterocycles. The summed E-state index contributed by atoms with van der Waals surface area (Å²) in [4.78, 5) is 12.2. The number of phenols is 2. The van der Waals surface area contributed by atoms with E-state index in [0.717, 1.165) is 18.4 Å². The number of phenolic OH excluding ortho intramolecular Hbond substituents is 2. The lowest BCUT2D eigenvalue weighted by atomic mass is 10.0. The zero-order valence-electron chi connectivity index (χ0n) is 12.6. The van der Waals surface area contributed by atoms with Gasteiger partial charge in [-0.25, -0.2) is 0 Å². The van der Waals surface area contributed by atoms with Crippen LogP contribution in [0.2, 0.25) is 0 Å². The first-order valence-corrected chi connectivity index (χ1v) is 7.69. The Labute approximate surface area is 135 Å². The first-order valence-electron chi connectivity index (χ1n) is 7.69. The molecule has 1 fully saturated rings.